The molecule has 3 aliphatic rings. The van der Waals surface area contributed by atoms with Crippen LogP contribution in [0.5, 0.6) is 0 Å². The van der Waals surface area contributed by atoms with Gasteiger partial charge < -0.3 is 25.0 Å². The number of methoxy groups -OCH3 is 1. The molecule has 1 saturated carbocycles. The minimum atomic E-state index is -0.207. The van der Waals surface area contributed by atoms with E-state index in [0.717, 1.165) is 77.6 Å². The number of halogens is 1. The van der Waals surface area contributed by atoms with Gasteiger partial charge in [0.25, 0.3) is 0 Å². The molecule has 3 fully saturated rings. The Morgan fingerprint density at radius 3 is 2.46 bits per heavy atom. The molecule has 2 N–H and O–H groups in total. The van der Waals surface area contributed by atoms with Crippen LogP contribution in [0.2, 0.25) is 0 Å². The number of rotatable bonds is 7. The SMILES string of the molecule is CCNC(=NCC1(OC)CCOCC1)N1CCN(CC(=O)NC2CC2)CC1.I. The van der Waals surface area contributed by atoms with Crippen molar-refractivity contribution >= 4 is 35.8 Å². The fourth-order valence-electron chi connectivity index (χ4n) is 3.64. The molecule has 2 saturated heterocycles. The molecule has 2 aliphatic heterocycles. The zero-order valence-corrected chi connectivity index (χ0v) is 19.6. The molecule has 8 nitrogen and oxygen atoms in total. The van der Waals surface area contributed by atoms with Gasteiger partial charge in [0.2, 0.25) is 5.91 Å². The van der Waals surface area contributed by atoms with Crippen LogP contribution in [0, 0.1) is 0 Å². The molecule has 0 atom stereocenters. The Kier molecular flexibility index (Phi) is 9.72. The first-order chi connectivity index (χ1) is 13.1. The Morgan fingerprint density at radius 1 is 1.21 bits per heavy atom. The highest BCUT2D eigenvalue weighted by Gasteiger charge is 2.33. The third-order valence-corrected chi connectivity index (χ3v) is 5.67. The molecule has 3 rings (SSSR count). The second-order valence-electron chi connectivity index (χ2n) is 7.77. The molecule has 0 aromatic rings. The van der Waals surface area contributed by atoms with E-state index in [9.17, 15) is 4.79 Å². The lowest BCUT2D eigenvalue weighted by atomic mass is 9.94. The minimum Gasteiger partial charge on any atom is -0.381 e. The number of guanidine groups is 1. The molecule has 1 amide bonds. The van der Waals surface area contributed by atoms with Gasteiger partial charge in [-0.05, 0) is 19.8 Å². The Hall–Kier alpha value is -0.650. The lowest BCUT2D eigenvalue weighted by Crippen LogP contribution is -2.54. The van der Waals surface area contributed by atoms with Gasteiger partial charge >= 0.3 is 0 Å². The molecular formula is C19H36IN5O3. The van der Waals surface area contributed by atoms with Crippen LogP contribution in [-0.2, 0) is 14.3 Å². The van der Waals surface area contributed by atoms with Gasteiger partial charge in [0, 0.05) is 71.9 Å². The van der Waals surface area contributed by atoms with E-state index in [-0.39, 0.29) is 35.5 Å². The maximum Gasteiger partial charge on any atom is 0.234 e. The molecule has 28 heavy (non-hydrogen) atoms. The summed E-state index contributed by atoms with van der Waals surface area (Å²) in [4.78, 5) is 21.4. The van der Waals surface area contributed by atoms with Gasteiger partial charge in [-0.25, -0.2) is 0 Å². The average molecular weight is 509 g/mol. The highest BCUT2D eigenvalue weighted by Crippen LogP contribution is 2.25. The van der Waals surface area contributed by atoms with Gasteiger partial charge in [-0.2, -0.15) is 0 Å². The number of piperazine rings is 1. The van der Waals surface area contributed by atoms with Crippen molar-refractivity contribution in [2.24, 2.45) is 4.99 Å². The Balaban J connectivity index is 0.00000280. The number of carbonyl (C=O) groups excluding carboxylic acids is 1. The topological polar surface area (TPSA) is 78.4 Å². The summed E-state index contributed by atoms with van der Waals surface area (Å²) in [5, 5.41) is 6.48. The van der Waals surface area contributed by atoms with Crippen molar-refractivity contribution in [3.63, 3.8) is 0 Å². The summed E-state index contributed by atoms with van der Waals surface area (Å²) in [5.41, 5.74) is -0.207. The normalized spacial score (nSPS) is 23.1. The fraction of sp³-hybridized carbons (Fsp3) is 0.895. The molecular weight excluding hydrogens is 473 g/mol. The molecule has 0 unspecified atom stereocenters. The molecule has 0 aromatic heterocycles. The van der Waals surface area contributed by atoms with Crippen LogP contribution in [0.15, 0.2) is 4.99 Å². The first-order valence-electron chi connectivity index (χ1n) is 10.3. The van der Waals surface area contributed by atoms with E-state index in [1.165, 1.54) is 0 Å². The van der Waals surface area contributed by atoms with Crippen molar-refractivity contribution in [1.29, 1.82) is 0 Å². The lowest BCUT2D eigenvalue weighted by molar-refractivity contribution is -0.122. The molecule has 9 heteroatoms. The van der Waals surface area contributed by atoms with Crippen LogP contribution in [0.1, 0.15) is 32.6 Å². The van der Waals surface area contributed by atoms with Gasteiger partial charge in [0.1, 0.15) is 0 Å². The van der Waals surface area contributed by atoms with E-state index in [0.29, 0.717) is 19.1 Å². The van der Waals surface area contributed by atoms with Crippen LogP contribution in [-0.4, -0.2) is 99.4 Å². The Bertz CT molecular complexity index is 516. The summed E-state index contributed by atoms with van der Waals surface area (Å²) >= 11 is 0. The first kappa shape index (κ1) is 23.6. The molecule has 0 radical (unpaired) electrons. The number of amides is 1. The van der Waals surface area contributed by atoms with E-state index >= 15 is 0 Å². The molecule has 0 aromatic carbocycles. The Morgan fingerprint density at radius 2 is 1.89 bits per heavy atom. The standard InChI is InChI=1S/C19H35N5O3.HI/c1-3-20-18(21-15-19(26-2)6-12-27-13-7-19)24-10-8-23(9-11-24)14-17(25)22-16-4-5-16;/h16H,3-15H2,1-2H3,(H,20,21)(H,22,25);1H. The third kappa shape index (κ3) is 7.00. The zero-order chi connectivity index (χ0) is 19.1. The second-order valence-corrected chi connectivity index (χ2v) is 7.77. The highest BCUT2D eigenvalue weighted by molar-refractivity contribution is 14.0. The lowest BCUT2D eigenvalue weighted by Gasteiger charge is -2.38. The van der Waals surface area contributed by atoms with Crippen molar-refractivity contribution in [3.8, 4) is 0 Å². The zero-order valence-electron chi connectivity index (χ0n) is 17.2. The van der Waals surface area contributed by atoms with Crippen LogP contribution in [0.4, 0.5) is 0 Å². The maximum absolute atomic E-state index is 12.0. The molecule has 1 aliphatic carbocycles. The van der Waals surface area contributed by atoms with Crippen molar-refractivity contribution in [2.75, 3.05) is 66.1 Å². The van der Waals surface area contributed by atoms with Crippen molar-refractivity contribution in [3.05, 3.63) is 0 Å². The summed E-state index contributed by atoms with van der Waals surface area (Å²) in [6, 6.07) is 0.435. The van der Waals surface area contributed by atoms with E-state index in [1.54, 1.807) is 7.11 Å². The average Bonchev–Trinajstić information content (AvgIpc) is 3.50. The van der Waals surface area contributed by atoms with Gasteiger partial charge in [0.15, 0.2) is 5.96 Å². The minimum absolute atomic E-state index is 0. The van der Waals surface area contributed by atoms with Gasteiger partial charge in [0.05, 0.1) is 18.7 Å². The predicted molar refractivity (Wildman–Crippen MR) is 120 cm³/mol. The number of ether oxygens (including phenoxy) is 2. The third-order valence-electron chi connectivity index (χ3n) is 5.67. The quantitative estimate of drug-likeness (QED) is 0.299. The second kappa shape index (κ2) is 11.5. The van der Waals surface area contributed by atoms with Gasteiger partial charge in [-0.1, -0.05) is 0 Å². The summed E-state index contributed by atoms with van der Waals surface area (Å²) in [6.07, 6.45) is 4.04. The largest absolute Gasteiger partial charge is 0.381 e. The monoisotopic (exact) mass is 509 g/mol. The molecule has 0 spiro atoms. The summed E-state index contributed by atoms with van der Waals surface area (Å²) < 4.78 is 11.3. The number of nitrogens with zero attached hydrogens (tertiary/aromatic N) is 3. The van der Waals surface area contributed by atoms with Crippen molar-refractivity contribution in [1.82, 2.24) is 20.4 Å². The predicted octanol–water partition coefficient (Wildman–Crippen LogP) is 0.662. The first-order valence-corrected chi connectivity index (χ1v) is 10.3. The van der Waals surface area contributed by atoms with E-state index in [2.05, 4.69) is 27.4 Å². The van der Waals surface area contributed by atoms with Crippen LogP contribution < -0.4 is 10.6 Å². The molecule has 2 heterocycles. The summed E-state index contributed by atoms with van der Waals surface area (Å²) in [6.45, 7) is 9.09. The van der Waals surface area contributed by atoms with Crippen LogP contribution >= 0.6 is 24.0 Å². The molecule has 162 valence electrons. The van der Waals surface area contributed by atoms with E-state index in [1.807, 2.05) is 0 Å². The van der Waals surface area contributed by atoms with Crippen LogP contribution in [0.3, 0.4) is 0 Å². The van der Waals surface area contributed by atoms with E-state index < -0.39 is 0 Å². The number of hydrogen-bond acceptors (Lipinski definition) is 5. The van der Waals surface area contributed by atoms with Gasteiger partial charge in [-0.3, -0.25) is 14.7 Å². The number of aliphatic imine (C=N–C) groups is 1. The van der Waals surface area contributed by atoms with Crippen LogP contribution in [0.25, 0.3) is 0 Å². The highest BCUT2D eigenvalue weighted by atomic mass is 127. The van der Waals surface area contributed by atoms with Crippen molar-refractivity contribution in [2.45, 2.75) is 44.2 Å². The fourth-order valence-corrected chi connectivity index (χ4v) is 3.64. The summed E-state index contributed by atoms with van der Waals surface area (Å²) in [5.74, 6) is 1.11. The maximum atomic E-state index is 12.0. The smallest absolute Gasteiger partial charge is 0.234 e. The van der Waals surface area contributed by atoms with Crippen molar-refractivity contribution < 1.29 is 14.3 Å². The van der Waals surface area contributed by atoms with E-state index in [4.69, 9.17) is 14.5 Å². The number of nitrogens with one attached hydrogen (secondary N) is 2. The Labute approximate surface area is 185 Å². The molecule has 0 bridgehead atoms. The number of carbonyl (C=O) groups is 1. The summed E-state index contributed by atoms with van der Waals surface area (Å²) in [7, 11) is 1.78. The van der Waals surface area contributed by atoms with Gasteiger partial charge in [-0.15, -0.1) is 24.0 Å². The number of hydrogen-bond donors (Lipinski definition) is 2.